The third-order valence-corrected chi connectivity index (χ3v) is 5.10. The highest BCUT2D eigenvalue weighted by Crippen LogP contribution is 2.30. The molecule has 0 spiro atoms. The molecule has 154 valence electrons. The Labute approximate surface area is 167 Å². The molecule has 2 amide bonds. The number of alkyl halides is 3. The fraction of sp³-hybridized carbons (Fsp3) is 0.364. The Bertz CT molecular complexity index is 878. The molecule has 2 aromatic carbocycles. The van der Waals surface area contributed by atoms with Crippen LogP contribution in [0.15, 0.2) is 48.5 Å². The Morgan fingerprint density at radius 1 is 1.14 bits per heavy atom. The van der Waals surface area contributed by atoms with E-state index in [4.69, 9.17) is 0 Å². The maximum Gasteiger partial charge on any atom is 0.416 e. The molecule has 4 nitrogen and oxygen atoms in total. The van der Waals surface area contributed by atoms with Crippen LogP contribution in [0, 0.1) is 12.8 Å². The lowest BCUT2D eigenvalue weighted by molar-refractivity contribution is -0.137. The number of benzene rings is 2. The van der Waals surface area contributed by atoms with Crippen LogP contribution in [0.4, 0.5) is 13.2 Å². The maximum atomic E-state index is 12.9. The zero-order valence-corrected chi connectivity index (χ0v) is 16.1. The fourth-order valence-electron chi connectivity index (χ4n) is 3.43. The lowest BCUT2D eigenvalue weighted by Crippen LogP contribution is -2.45. The first-order chi connectivity index (χ1) is 13.7. The number of amides is 2. The number of carbonyl (C=O) groups is 2. The third-order valence-electron chi connectivity index (χ3n) is 5.10. The van der Waals surface area contributed by atoms with Crippen molar-refractivity contribution >= 4 is 11.8 Å². The van der Waals surface area contributed by atoms with Gasteiger partial charge in [0.05, 0.1) is 11.5 Å². The molecule has 0 saturated carbocycles. The summed E-state index contributed by atoms with van der Waals surface area (Å²) in [6.07, 6.45) is -3.23. The van der Waals surface area contributed by atoms with E-state index < -0.39 is 17.6 Å². The first-order valence-electron chi connectivity index (χ1n) is 9.54. The van der Waals surface area contributed by atoms with Crippen molar-refractivity contribution in [3.05, 3.63) is 70.8 Å². The van der Waals surface area contributed by atoms with Gasteiger partial charge in [-0.3, -0.25) is 9.59 Å². The first-order valence-corrected chi connectivity index (χ1v) is 9.54. The van der Waals surface area contributed by atoms with Crippen LogP contribution in [-0.4, -0.2) is 29.8 Å². The number of halogens is 3. The van der Waals surface area contributed by atoms with Gasteiger partial charge in [0.15, 0.2) is 0 Å². The average Bonchev–Trinajstić information content (AvgIpc) is 2.72. The van der Waals surface area contributed by atoms with Crippen molar-refractivity contribution in [2.75, 3.05) is 13.1 Å². The Morgan fingerprint density at radius 3 is 2.55 bits per heavy atom. The second-order valence-electron chi connectivity index (χ2n) is 7.37. The SMILES string of the molecule is Cc1ccc(CNC(=O)[C@@H]2CCCN(C(=O)c3cccc(C(F)(F)F)c3)C2)cc1. The van der Waals surface area contributed by atoms with E-state index >= 15 is 0 Å². The van der Waals surface area contributed by atoms with Crippen LogP contribution in [0.25, 0.3) is 0 Å². The van der Waals surface area contributed by atoms with Gasteiger partial charge in [-0.25, -0.2) is 0 Å². The Kier molecular flexibility index (Phi) is 6.25. The van der Waals surface area contributed by atoms with Gasteiger partial charge in [-0.05, 0) is 43.5 Å². The molecule has 2 aromatic rings. The summed E-state index contributed by atoms with van der Waals surface area (Å²) in [5.74, 6) is -0.997. The van der Waals surface area contributed by atoms with E-state index in [1.165, 1.54) is 17.0 Å². The molecule has 1 saturated heterocycles. The molecule has 0 aliphatic carbocycles. The summed E-state index contributed by atoms with van der Waals surface area (Å²) >= 11 is 0. The molecule has 29 heavy (non-hydrogen) atoms. The van der Waals surface area contributed by atoms with Crippen LogP contribution >= 0.6 is 0 Å². The highest BCUT2D eigenvalue weighted by Gasteiger charge is 2.33. The van der Waals surface area contributed by atoms with Gasteiger partial charge in [0.1, 0.15) is 0 Å². The van der Waals surface area contributed by atoms with Crippen molar-refractivity contribution in [2.45, 2.75) is 32.5 Å². The van der Waals surface area contributed by atoms with E-state index in [2.05, 4.69) is 5.32 Å². The smallest absolute Gasteiger partial charge is 0.352 e. The van der Waals surface area contributed by atoms with Gasteiger partial charge in [-0.2, -0.15) is 13.2 Å². The monoisotopic (exact) mass is 404 g/mol. The highest BCUT2D eigenvalue weighted by atomic mass is 19.4. The van der Waals surface area contributed by atoms with Crippen molar-refractivity contribution < 1.29 is 22.8 Å². The van der Waals surface area contributed by atoms with Gasteiger partial charge in [0.2, 0.25) is 5.91 Å². The molecule has 0 bridgehead atoms. The number of carbonyl (C=O) groups excluding carboxylic acids is 2. The van der Waals surface area contributed by atoms with Crippen LogP contribution in [0.3, 0.4) is 0 Å². The molecule has 1 fully saturated rings. The second-order valence-corrected chi connectivity index (χ2v) is 7.37. The van der Waals surface area contributed by atoms with Crippen molar-refractivity contribution in [3.8, 4) is 0 Å². The van der Waals surface area contributed by atoms with Crippen molar-refractivity contribution in [3.63, 3.8) is 0 Å². The number of piperidine rings is 1. The van der Waals surface area contributed by atoms with Crippen LogP contribution in [0.1, 0.15) is 39.9 Å². The minimum atomic E-state index is -4.50. The van der Waals surface area contributed by atoms with Gasteiger partial charge in [0, 0.05) is 25.2 Å². The van der Waals surface area contributed by atoms with E-state index in [1.54, 1.807) is 0 Å². The average molecular weight is 404 g/mol. The van der Waals surface area contributed by atoms with Crippen molar-refractivity contribution in [2.24, 2.45) is 5.92 Å². The summed E-state index contributed by atoms with van der Waals surface area (Å²) in [7, 11) is 0. The standard InChI is InChI=1S/C22H23F3N2O2/c1-15-7-9-16(10-8-15)13-26-20(28)18-5-3-11-27(14-18)21(29)17-4-2-6-19(12-17)22(23,24)25/h2,4,6-10,12,18H,3,5,11,13-14H2,1H3,(H,26,28)/t18-/m1/s1. The van der Waals surface area contributed by atoms with E-state index in [-0.39, 0.29) is 23.9 Å². The van der Waals surface area contributed by atoms with Crippen LogP contribution < -0.4 is 5.32 Å². The lowest BCUT2D eigenvalue weighted by Gasteiger charge is -2.32. The number of hydrogen-bond donors (Lipinski definition) is 1. The zero-order valence-electron chi connectivity index (χ0n) is 16.1. The number of hydrogen-bond acceptors (Lipinski definition) is 2. The first kappa shape index (κ1) is 20.9. The summed E-state index contributed by atoms with van der Waals surface area (Å²) in [4.78, 5) is 26.7. The highest BCUT2D eigenvalue weighted by molar-refractivity contribution is 5.95. The molecule has 1 aliphatic rings. The minimum absolute atomic E-state index is 0.0134. The number of rotatable bonds is 4. The fourth-order valence-corrected chi connectivity index (χ4v) is 3.43. The van der Waals surface area contributed by atoms with Gasteiger partial charge in [0.25, 0.3) is 5.91 Å². The predicted octanol–water partition coefficient (Wildman–Crippen LogP) is 4.18. The third kappa shape index (κ3) is 5.37. The zero-order chi connectivity index (χ0) is 21.0. The summed E-state index contributed by atoms with van der Waals surface area (Å²) in [6.45, 7) is 3.02. The second kappa shape index (κ2) is 8.68. The number of likely N-dealkylation sites (tertiary alicyclic amines) is 1. The van der Waals surface area contributed by atoms with E-state index in [1.807, 2.05) is 31.2 Å². The van der Waals surface area contributed by atoms with E-state index in [0.717, 1.165) is 23.3 Å². The molecule has 0 radical (unpaired) electrons. The van der Waals surface area contributed by atoms with Gasteiger partial charge in [-0.15, -0.1) is 0 Å². The maximum absolute atomic E-state index is 12.9. The van der Waals surface area contributed by atoms with Crippen LogP contribution in [0.2, 0.25) is 0 Å². The summed E-state index contributed by atoms with van der Waals surface area (Å²) in [5.41, 5.74) is 1.25. The van der Waals surface area contributed by atoms with Gasteiger partial charge >= 0.3 is 6.18 Å². The Balaban J connectivity index is 1.61. The van der Waals surface area contributed by atoms with E-state index in [0.29, 0.717) is 25.9 Å². The molecule has 0 unspecified atom stereocenters. The molecule has 3 rings (SSSR count). The summed E-state index contributed by atoms with van der Waals surface area (Å²) in [5, 5.41) is 2.89. The number of nitrogens with one attached hydrogen (secondary N) is 1. The molecule has 1 atom stereocenters. The minimum Gasteiger partial charge on any atom is -0.352 e. The Hall–Kier alpha value is -2.83. The molecule has 1 N–H and O–H groups in total. The summed E-state index contributed by atoms with van der Waals surface area (Å²) in [6, 6.07) is 12.2. The molecule has 1 aliphatic heterocycles. The van der Waals surface area contributed by atoms with Crippen molar-refractivity contribution in [1.29, 1.82) is 0 Å². The van der Waals surface area contributed by atoms with E-state index in [9.17, 15) is 22.8 Å². The van der Waals surface area contributed by atoms with Crippen LogP contribution in [-0.2, 0) is 17.5 Å². The quantitative estimate of drug-likeness (QED) is 0.831. The molecule has 0 aromatic heterocycles. The number of nitrogens with zero attached hydrogens (tertiary/aromatic N) is 1. The molecule has 1 heterocycles. The number of aryl methyl sites for hydroxylation is 1. The van der Waals surface area contributed by atoms with Gasteiger partial charge in [-0.1, -0.05) is 35.9 Å². The Morgan fingerprint density at radius 2 is 1.86 bits per heavy atom. The largest absolute Gasteiger partial charge is 0.416 e. The topological polar surface area (TPSA) is 49.4 Å². The van der Waals surface area contributed by atoms with Crippen molar-refractivity contribution in [1.82, 2.24) is 10.2 Å². The molecular weight excluding hydrogens is 381 g/mol. The predicted molar refractivity (Wildman–Crippen MR) is 103 cm³/mol. The molecule has 7 heteroatoms. The normalized spacial score (nSPS) is 17.1. The molecular formula is C22H23F3N2O2. The lowest BCUT2D eigenvalue weighted by atomic mass is 9.96. The van der Waals surface area contributed by atoms with Gasteiger partial charge < -0.3 is 10.2 Å². The summed E-state index contributed by atoms with van der Waals surface area (Å²) < 4.78 is 38.7. The van der Waals surface area contributed by atoms with Crippen LogP contribution in [0.5, 0.6) is 0 Å².